The Morgan fingerprint density at radius 2 is 0.812 bits per heavy atom. The van der Waals surface area contributed by atoms with Crippen molar-refractivity contribution in [2.75, 3.05) is 0 Å². The monoisotopic (exact) mass is 484 g/mol. The van der Waals surface area contributed by atoms with Crippen molar-refractivity contribution in [2.24, 2.45) is 0 Å². The van der Waals surface area contributed by atoms with E-state index in [0.717, 1.165) is 0 Å². The summed E-state index contributed by atoms with van der Waals surface area (Å²) in [4.78, 5) is 52.6. The quantitative estimate of drug-likeness (QED) is 0.150. The van der Waals surface area contributed by atoms with Crippen molar-refractivity contribution >= 4 is 94.8 Å². The number of phosphoric acid groups is 3. The molecule has 0 aliphatic heterocycles. The second-order valence-electron chi connectivity index (χ2n) is 1.58. The minimum absolute atomic E-state index is 0. The van der Waals surface area contributed by atoms with Crippen LogP contribution in [0, 0.1) is 0 Å². The Labute approximate surface area is 145 Å². The summed E-state index contributed by atoms with van der Waals surface area (Å²) in [7, 11) is -14.7. The van der Waals surface area contributed by atoms with Gasteiger partial charge in [-0.15, -0.1) is 0 Å². The van der Waals surface area contributed by atoms with Crippen LogP contribution >= 0.6 is 23.5 Å². The summed E-state index contributed by atoms with van der Waals surface area (Å²) >= 11 is 0. The Balaban J connectivity index is -0.0000000904. The van der Waals surface area contributed by atoms with Crippen LogP contribution in [0.3, 0.4) is 0 Å². The van der Waals surface area contributed by atoms with E-state index in [0.29, 0.717) is 0 Å². The van der Waals surface area contributed by atoms with Crippen LogP contribution in [0.1, 0.15) is 0 Å². The van der Waals surface area contributed by atoms with Crippen molar-refractivity contribution in [2.45, 2.75) is 0 Å². The van der Waals surface area contributed by atoms with Crippen LogP contribution in [0.5, 0.6) is 0 Å². The molecule has 0 bridgehead atoms. The van der Waals surface area contributed by atoms with Gasteiger partial charge in [0.1, 0.15) is 0 Å². The molecule has 98 valence electrons. The van der Waals surface area contributed by atoms with Gasteiger partial charge in [0, 0.05) is 0 Å². The predicted octanol–water partition coefficient (Wildman–Crippen LogP) is -3.84. The zero-order valence-electron chi connectivity index (χ0n) is 6.11. The van der Waals surface area contributed by atoms with Gasteiger partial charge in [-0.2, -0.15) is 4.31 Å². The summed E-state index contributed by atoms with van der Waals surface area (Å²) in [6, 6.07) is 0. The van der Waals surface area contributed by atoms with Gasteiger partial charge >= 0.3 is 94.8 Å². The van der Waals surface area contributed by atoms with Crippen LogP contribution in [-0.4, -0.2) is 106 Å². The molecule has 0 atom stereocenters. The van der Waals surface area contributed by atoms with E-state index in [-0.39, 0.29) is 71.3 Å². The first-order valence-electron chi connectivity index (χ1n) is 2.31. The molecule has 0 fully saturated rings. The molecule has 0 aliphatic carbocycles. The van der Waals surface area contributed by atoms with E-state index < -0.39 is 23.5 Å². The van der Waals surface area contributed by atoms with Crippen LogP contribution in [0.2, 0.25) is 0 Å². The topological polar surface area (TPSA) is 202 Å². The van der Waals surface area contributed by atoms with Crippen LogP contribution in [-0.2, 0) is 18.0 Å². The zero-order valence-corrected chi connectivity index (χ0v) is 8.79. The van der Waals surface area contributed by atoms with Crippen molar-refractivity contribution in [1.29, 1.82) is 0 Å². The molecular weight excluding hydrogens is 471 g/mol. The van der Waals surface area contributed by atoms with Crippen molar-refractivity contribution in [3.63, 3.8) is 0 Å². The first-order valence-corrected chi connectivity index (χ1v) is 6.94. The number of hydrogen-bond donors (Lipinski definition) is 7. The van der Waals surface area contributed by atoms with Gasteiger partial charge in [0.25, 0.3) is 0 Å². The van der Waals surface area contributed by atoms with Gasteiger partial charge in [-0.05, 0) is 0 Å². The van der Waals surface area contributed by atoms with E-state index in [1.54, 1.807) is 0 Å². The van der Waals surface area contributed by atoms with Gasteiger partial charge in [0.2, 0.25) is 0 Å². The van der Waals surface area contributed by atoms with Gasteiger partial charge in [-0.3, -0.25) is 0 Å². The van der Waals surface area contributed by atoms with E-state index in [4.69, 9.17) is 38.8 Å². The van der Waals surface area contributed by atoms with Gasteiger partial charge in [0.05, 0.1) is 0 Å². The summed E-state index contributed by atoms with van der Waals surface area (Å²) in [5, 5.41) is 0. The molecule has 0 aromatic carbocycles. The second-order valence-corrected chi connectivity index (χ2v) is 5.22. The third-order valence-corrected chi connectivity index (χ3v) is 1.91. The first kappa shape index (κ1) is 27.1. The van der Waals surface area contributed by atoms with Crippen molar-refractivity contribution in [3.05, 3.63) is 0 Å². The zero-order chi connectivity index (χ0) is 12.2. The van der Waals surface area contributed by atoms with Crippen LogP contribution < -0.4 is 0 Å². The molecule has 0 saturated heterocycles. The second kappa shape index (κ2) is 10.5. The fraction of sp³-hybridized carbons (Fsp3) is 0. The van der Waals surface area contributed by atoms with E-state index in [1.165, 1.54) is 0 Å². The average Bonchev–Trinajstić information content (AvgIpc) is 1.42. The third-order valence-electron chi connectivity index (χ3n) is 0.213. The maximum absolute atomic E-state index is 9.63. The standard InChI is InChI=1S/In.H4O7P2.H3O4P.Sr.5H/c;1-8(2,3)7-9(4,5)6;1-5(2,3)4;;;;;;/h;(H2,1,2,3)(H2,4,5,6);(H3,1,2,3,4);;;;;;. The molecule has 0 aromatic rings. The van der Waals surface area contributed by atoms with Crippen molar-refractivity contribution in [1.82, 2.24) is 0 Å². The van der Waals surface area contributed by atoms with E-state index in [1.807, 2.05) is 0 Å². The number of hydrogen-bond acceptors (Lipinski definition) is 4. The van der Waals surface area contributed by atoms with E-state index in [2.05, 4.69) is 4.31 Å². The van der Waals surface area contributed by atoms with E-state index in [9.17, 15) is 9.13 Å². The van der Waals surface area contributed by atoms with Crippen LogP contribution in [0.4, 0.5) is 0 Å². The molecule has 16 heteroatoms. The fourth-order valence-corrected chi connectivity index (χ4v) is 1.25. The molecule has 0 spiro atoms. The van der Waals surface area contributed by atoms with Crippen molar-refractivity contribution < 1.29 is 52.3 Å². The van der Waals surface area contributed by atoms with Gasteiger partial charge < -0.3 is 34.3 Å². The van der Waals surface area contributed by atoms with E-state index >= 15 is 0 Å². The first-order chi connectivity index (χ1) is 5.71. The molecule has 0 unspecified atom stereocenters. The average molecular weight is 483 g/mol. The number of rotatable bonds is 2. The Morgan fingerprint density at radius 1 is 0.688 bits per heavy atom. The summed E-state index contributed by atoms with van der Waals surface area (Å²) in [5.74, 6) is 0. The van der Waals surface area contributed by atoms with Crippen molar-refractivity contribution in [3.8, 4) is 0 Å². The van der Waals surface area contributed by atoms with Crippen LogP contribution in [0.25, 0.3) is 0 Å². The third kappa shape index (κ3) is 54.3. The molecule has 0 aliphatic rings. The molecule has 16 heavy (non-hydrogen) atoms. The molecular formula is H12InO11P3Sr. The Hall–Kier alpha value is 2.72. The molecule has 11 nitrogen and oxygen atoms in total. The van der Waals surface area contributed by atoms with Gasteiger partial charge in [0.15, 0.2) is 0 Å². The van der Waals surface area contributed by atoms with Gasteiger partial charge in [-0.1, -0.05) is 0 Å². The molecule has 7 N–H and O–H groups in total. The Morgan fingerprint density at radius 3 is 0.812 bits per heavy atom. The maximum atomic E-state index is 9.63. The molecule has 0 saturated carbocycles. The summed E-state index contributed by atoms with van der Waals surface area (Å²) in [6.07, 6.45) is 0. The summed E-state index contributed by atoms with van der Waals surface area (Å²) < 4.78 is 31.1. The molecule has 0 amide bonds. The SMILES string of the molecule is O=P(O)(O)O.O=P(O)(O)OP(=O)(O)O.[InH3].[SrH2]. The molecule has 0 rings (SSSR count). The van der Waals surface area contributed by atoms with Gasteiger partial charge in [-0.25, -0.2) is 13.7 Å². The molecule has 0 aromatic heterocycles. The normalized spacial score (nSPS) is 11.4. The molecule has 0 radical (unpaired) electrons. The Bertz CT molecular complexity index is 264. The fourth-order valence-electron chi connectivity index (χ4n) is 0.139. The predicted molar refractivity (Wildman–Crippen MR) is 57.9 cm³/mol. The van der Waals surface area contributed by atoms with Crippen LogP contribution in [0.15, 0.2) is 0 Å². The summed E-state index contributed by atoms with van der Waals surface area (Å²) in [6.45, 7) is 0. The summed E-state index contributed by atoms with van der Waals surface area (Å²) in [5.41, 5.74) is 0. The minimum atomic E-state index is -5.05. The Kier molecular flexibility index (Phi) is 17.8. The molecule has 0 heterocycles.